The molecule has 450 valence electrons. The van der Waals surface area contributed by atoms with Gasteiger partial charge in [-0.05, 0) is 64.2 Å². The molecule has 0 radical (unpaired) electrons. The zero-order valence-electron chi connectivity index (χ0n) is 51.4. The third-order valence-corrected chi connectivity index (χ3v) is 15.7. The van der Waals surface area contributed by atoms with Gasteiger partial charge in [-0.1, -0.05) is 305 Å². The topological polar surface area (TPSA) is 105 Å². The van der Waals surface area contributed by atoms with Crippen LogP contribution in [0.3, 0.4) is 0 Å². The fourth-order valence-corrected chi connectivity index (χ4v) is 10.3. The third kappa shape index (κ3) is 61.4. The number of phosphoric ester groups is 1. The maximum atomic E-state index is 13.0. The molecule has 0 saturated carbocycles. The summed E-state index contributed by atoms with van der Waals surface area (Å²) in [6.07, 6.45) is 81.8. The molecule has 9 heteroatoms. The number of phosphoric acid groups is 1. The lowest BCUT2D eigenvalue weighted by Gasteiger charge is -2.25. The van der Waals surface area contributed by atoms with Crippen LogP contribution in [0.4, 0.5) is 0 Å². The summed E-state index contributed by atoms with van der Waals surface area (Å²) in [6.45, 7) is 4.73. The van der Waals surface area contributed by atoms with Gasteiger partial charge in [0.25, 0.3) is 0 Å². The van der Waals surface area contributed by atoms with Crippen LogP contribution in [0.2, 0.25) is 0 Å². The van der Waals surface area contributed by atoms with Gasteiger partial charge in [0.15, 0.2) is 0 Å². The zero-order valence-corrected chi connectivity index (χ0v) is 52.3. The summed E-state index contributed by atoms with van der Waals surface area (Å²) < 4.78 is 23.7. The molecule has 1 amide bonds. The Morgan fingerprint density at radius 3 is 1.14 bits per heavy atom. The molecule has 0 aliphatic carbocycles. The number of rotatable bonds is 60. The highest BCUT2D eigenvalue weighted by molar-refractivity contribution is 7.47. The Bertz CT molecular complexity index is 1480. The Labute approximate surface area is 478 Å². The lowest BCUT2D eigenvalue weighted by Crippen LogP contribution is -2.45. The number of unbranched alkanes of at least 4 members (excludes halogenated alkanes) is 37. The number of hydrogen-bond acceptors (Lipinski definition) is 5. The number of nitrogens with one attached hydrogen (secondary N) is 1. The minimum atomic E-state index is -4.35. The molecule has 0 bridgehead atoms. The minimum absolute atomic E-state index is 0.0621. The first-order chi connectivity index (χ1) is 37.5. The molecular formula is C68H128N2O6P+. The van der Waals surface area contributed by atoms with Gasteiger partial charge in [-0.15, -0.1) is 0 Å². The molecule has 77 heavy (non-hydrogen) atoms. The van der Waals surface area contributed by atoms with Crippen molar-refractivity contribution in [3.05, 3.63) is 72.9 Å². The van der Waals surface area contributed by atoms with Crippen LogP contribution in [0, 0.1) is 0 Å². The van der Waals surface area contributed by atoms with Crippen molar-refractivity contribution in [3.63, 3.8) is 0 Å². The van der Waals surface area contributed by atoms with Crippen LogP contribution in [0.15, 0.2) is 72.9 Å². The highest BCUT2D eigenvalue weighted by Crippen LogP contribution is 2.43. The molecule has 0 saturated heterocycles. The molecule has 3 N–H and O–H groups in total. The first-order valence-corrected chi connectivity index (χ1v) is 34.3. The van der Waals surface area contributed by atoms with Gasteiger partial charge >= 0.3 is 7.82 Å². The van der Waals surface area contributed by atoms with Crippen LogP contribution < -0.4 is 5.32 Å². The molecule has 0 aromatic heterocycles. The predicted octanol–water partition coefficient (Wildman–Crippen LogP) is 20.6. The first-order valence-electron chi connectivity index (χ1n) is 32.8. The highest BCUT2D eigenvalue weighted by atomic mass is 31.2. The average molecular weight is 1100 g/mol. The molecule has 0 rings (SSSR count). The Balaban J connectivity index is 3.94. The molecule has 0 heterocycles. The smallest absolute Gasteiger partial charge is 0.387 e. The lowest BCUT2D eigenvalue weighted by atomic mass is 10.0. The molecule has 0 aliphatic heterocycles. The van der Waals surface area contributed by atoms with Gasteiger partial charge in [0.1, 0.15) is 13.2 Å². The highest BCUT2D eigenvalue weighted by Gasteiger charge is 2.28. The van der Waals surface area contributed by atoms with Crippen LogP contribution in [-0.4, -0.2) is 73.4 Å². The number of nitrogens with zero attached hydrogens (tertiary/aromatic N) is 1. The summed E-state index contributed by atoms with van der Waals surface area (Å²) in [6, 6.07) is -0.847. The van der Waals surface area contributed by atoms with E-state index in [-0.39, 0.29) is 19.1 Å². The average Bonchev–Trinajstić information content (AvgIpc) is 3.39. The number of quaternary nitrogens is 1. The van der Waals surface area contributed by atoms with Gasteiger partial charge in [-0.2, -0.15) is 0 Å². The van der Waals surface area contributed by atoms with E-state index in [9.17, 15) is 19.4 Å². The molecule has 0 fully saturated rings. The Hall–Kier alpha value is -2.06. The molecule has 0 spiro atoms. The Morgan fingerprint density at radius 2 is 0.779 bits per heavy atom. The fourth-order valence-electron chi connectivity index (χ4n) is 9.60. The van der Waals surface area contributed by atoms with Gasteiger partial charge in [-0.25, -0.2) is 4.57 Å². The van der Waals surface area contributed by atoms with Gasteiger partial charge in [-0.3, -0.25) is 13.8 Å². The second-order valence-electron chi connectivity index (χ2n) is 23.5. The molecule has 0 aliphatic rings. The standard InChI is InChI=1S/C68H127N2O6P/c1-6-8-10-12-14-16-18-20-22-24-25-26-27-28-29-30-31-32-33-34-35-36-37-38-39-40-41-42-43-44-45-46-48-50-52-54-56-58-60-62-68(72)69-66(65-76-77(73,74)75-64-63-70(3,4)5)67(71)61-59-57-55-53-51-49-47-23-21-19-17-15-13-11-9-7-2/h8,10,14,16,20,22,25-26,28-29,59,61,66-67,71H,6-7,9,11-13,15,17-19,21,23-24,27,30-58,60,62-65H2,1-5H3,(H-,69,72,73,74)/p+1/b10-8-,16-14-,22-20-,26-25-,29-28-,61-59+. The fraction of sp³-hybridized carbons (Fsp3) is 0.809. The first kappa shape index (κ1) is 74.9. The van der Waals surface area contributed by atoms with Gasteiger partial charge in [0.05, 0.1) is 39.9 Å². The van der Waals surface area contributed by atoms with Crippen molar-refractivity contribution >= 4 is 13.7 Å². The van der Waals surface area contributed by atoms with E-state index in [1.807, 2.05) is 27.2 Å². The minimum Gasteiger partial charge on any atom is -0.387 e. The summed E-state index contributed by atoms with van der Waals surface area (Å²) in [7, 11) is 1.58. The maximum Gasteiger partial charge on any atom is 0.472 e. The van der Waals surface area contributed by atoms with Crippen LogP contribution in [0.25, 0.3) is 0 Å². The molecule has 3 unspecified atom stereocenters. The van der Waals surface area contributed by atoms with E-state index in [2.05, 4.69) is 79.9 Å². The van der Waals surface area contributed by atoms with Crippen LogP contribution in [-0.2, 0) is 18.4 Å². The van der Waals surface area contributed by atoms with Crippen molar-refractivity contribution < 1.29 is 32.9 Å². The van der Waals surface area contributed by atoms with Crippen LogP contribution >= 0.6 is 7.82 Å². The van der Waals surface area contributed by atoms with Crippen molar-refractivity contribution in [1.82, 2.24) is 5.32 Å². The van der Waals surface area contributed by atoms with Crippen LogP contribution in [0.1, 0.15) is 303 Å². The number of carbonyl (C=O) groups excluding carboxylic acids is 1. The Morgan fingerprint density at radius 1 is 0.455 bits per heavy atom. The SMILES string of the molecule is CC/C=C\C/C=C\C/C=C\C/C=C\C/C=C\CCCCCCCCCCCCCCCCCCCCCCCCCC(=O)NC(COP(=O)(O)OCC[N+](C)(C)C)C(O)/C=C/CCCCCCCCCCCCCCCC. The number of hydrogen-bond donors (Lipinski definition) is 3. The summed E-state index contributed by atoms with van der Waals surface area (Å²) >= 11 is 0. The van der Waals surface area contributed by atoms with E-state index in [4.69, 9.17) is 9.05 Å². The number of aliphatic hydroxyl groups is 1. The Kier molecular flexibility index (Phi) is 57.0. The monoisotopic (exact) mass is 1100 g/mol. The largest absolute Gasteiger partial charge is 0.472 e. The second-order valence-corrected chi connectivity index (χ2v) is 24.9. The number of amides is 1. The van der Waals surface area contributed by atoms with Crippen molar-refractivity contribution in [2.75, 3.05) is 40.9 Å². The van der Waals surface area contributed by atoms with E-state index >= 15 is 0 Å². The molecular weight excluding hydrogens is 972 g/mol. The summed E-state index contributed by atoms with van der Waals surface area (Å²) in [5.74, 6) is -0.173. The van der Waals surface area contributed by atoms with Crippen molar-refractivity contribution in [2.45, 2.75) is 315 Å². The maximum absolute atomic E-state index is 13.0. The second kappa shape index (κ2) is 58.6. The molecule has 3 atom stereocenters. The number of allylic oxidation sites excluding steroid dienone is 11. The zero-order chi connectivity index (χ0) is 56.3. The number of carbonyl (C=O) groups is 1. The number of aliphatic hydroxyl groups excluding tert-OH is 1. The number of likely N-dealkylation sites (N-methyl/N-ethyl adjacent to an activating group) is 1. The molecule has 0 aromatic rings. The van der Waals surface area contributed by atoms with E-state index < -0.39 is 20.0 Å². The van der Waals surface area contributed by atoms with Crippen molar-refractivity contribution in [3.8, 4) is 0 Å². The summed E-state index contributed by atoms with van der Waals surface area (Å²) in [5, 5.41) is 14.0. The van der Waals surface area contributed by atoms with Crippen molar-refractivity contribution in [2.24, 2.45) is 0 Å². The third-order valence-electron chi connectivity index (χ3n) is 14.7. The normalized spacial score (nSPS) is 14.2. The van der Waals surface area contributed by atoms with Gasteiger partial charge in [0, 0.05) is 6.42 Å². The van der Waals surface area contributed by atoms with E-state index in [0.29, 0.717) is 17.4 Å². The molecule has 0 aromatic carbocycles. The van der Waals surface area contributed by atoms with Crippen molar-refractivity contribution in [1.29, 1.82) is 0 Å². The predicted molar refractivity (Wildman–Crippen MR) is 337 cm³/mol. The van der Waals surface area contributed by atoms with Gasteiger partial charge < -0.3 is 19.8 Å². The summed E-state index contributed by atoms with van der Waals surface area (Å²) in [4.78, 5) is 23.3. The van der Waals surface area contributed by atoms with Gasteiger partial charge in [0.2, 0.25) is 5.91 Å². The summed E-state index contributed by atoms with van der Waals surface area (Å²) in [5.41, 5.74) is 0. The van der Waals surface area contributed by atoms with E-state index in [1.54, 1.807) is 6.08 Å². The van der Waals surface area contributed by atoms with Crippen LogP contribution in [0.5, 0.6) is 0 Å². The lowest BCUT2D eigenvalue weighted by molar-refractivity contribution is -0.870. The van der Waals surface area contributed by atoms with E-state index in [1.165, 1.54) is 212 Å². The molecule has 8 nitrogen and oxygen atoms in total. The quantitative estimate of drug-likeness (QED) is 0.0243. The van der Waals surface area contributed by atoms with E-state index in [0.717, 1.165) is 70.6 Å².